The van der Waals surface area contributed by atoms with Crippen molar-refractivity contribution in [3.63, 3.8) is 0 Å². The number of hydrogen-bond acceptors (Lipinski definition) is 2. The Kier molecular flexibility index (Phi) is 4.18. The summed E-state index contributed by atoms with van der Waals surface area (Å²) in [5.74, 6) is 1.05. The van der Waals surface area contributed by atoms with Crippen LogP contribution in [-0.4, -0.2) is 22.9 Å². The van der Waals surface area contributed by atoms with E-state index < -0.39 is 0 Å². The van der Waals surface area contributed by atoms with E-state index in [2.05, 4.69) is 11.8 Å². The van der Waals surface area contributed by atoms with E-state index in [1.54, 1.807) is 0 Å². The van der Waals surface area contributed by atoms with Crippen molar-refractivity contribution in [1.29, 1.82) is 0 Å². The van der Waals surface area contributed by atoms with Crippen molar-refractivity contribution < 1.29 is 4.79 Å². The summed E-state index contributed by atoms with van der Waals surface area (Å²) in [6.45, 7) is 2.28. The summed E-state index contributed by atoms with van der Waals surface area (Å²) in [6.07, 6.45) is 8.50. The second-order valence-corrected chi connectivity index (χ2v) is 6.65. The zero-order valence-corrected chi connectivity index (χ0v) is 12.9. The van der Waals surface area contributed by atoms with Crippen molar-refractivity contribution in [2.24, 2.45) is 5.92 Å². The average molecular weight is 286 g/mol. The molecule has 114 valence electrons. The van der Waals surface area contributed by atoms with Crippen molar-refractivity contribution in [3.05, 3.63) is 29.8 Å². The number of carbonyl (C=O) groups is 1. The highest BCUT2D eigenvalue weighted by Crippen LogP contribution is 2.37. The molecule has 2 aliphatic carbocycles. The Morgan fingerprint density at radius 2 is 1.76 bits per heavy atom. The van der Waals surface area contributed by atoms with Crippen molar-refractivity contribution in [1.82, 2.24) is 4.90 Å². The van der Waals surface area contributed by atoms with Crippen molar-refractivity contribution in [2.45, 2.75) is 64.0 Å². The minimum Gasteiger partial charge on any atom is -0.399 e. The Labute approximate surface area is 127 Å². The maximum Gasteiger partial charge on any atom is 0.254 e. The topological polar surface area (TPSA) is 46.3 Å². The van der Waals surface area contributed by atoms with Gasteiger partial charge in [0, 0.05) is 23.3 Å². The van der Waals surface area contributed by atoms with E-state index in [0.29, 0.717) is 17.8 Å². The molecule has 0 heterocycles. The lowest BCUT2D eigenvalue weighted by molar-refractivity contribution is 0.0587. The van der Waals surface area contributed by atoms with Gasteiger partial charge in [-0.05, 0) is 62.6 Å². The minimum atomic E-state index is 0.185. The van der Waals surface area contributed by atoms with Crippen LogP contribution in [0, 0.1) is 5.92 Å². The van der Waals surface area contributed by atoms with E-state index in [1.807, 2.05) is 24.3 Å². The van der Waals surface area contributed by atoms with Crippen LogP contribution in [0.3, 0.4) is 0 Å². The molecule has 2 aliphatic rings. The van der Waals surface area contributed by atoms with Crippen LogP contribution in [0.4, 0.5) is 5.69 Å². The highest BCUT2D eigenvalue weighted by molar-refractivity contribution is 5.95. The summed E-state index contributed by atoms with van der Waals surface area (Å²) in [7, 11) is 0. The van der Waals surface area contributed by atoms with Crippen LogP contribution in [0.1, 0.15) is 62.2 Å². The van der Waals surface area contributed by atoms with Gasteiger partial charge in [0.2, 0.25) is 0 Å². The summed E-state index contributed by atoms with van der Waals surface area (Å²) in [4.78, 5) is 15.1. The van der Waals surface area contributed by atoms with Crippen LogP contribution in [0.15, 0.2) is 24.3 Å². The summed E-state index contributed by atoms with van der Waals surface area (Å²) in [6, 6.07) is 8.34. The molecule has 3 heteroatoms. The van der Waals surface area contributed by atoms with Crippen LogP contribution in [-0.2, 0) is 0 Å². The summed E-state index contributed by atoms with van der Waals surface area (Å²) >= 11 is 0. The van der Waals surface area contributed by atoms with Gasteiger partial charge in [0.1, 0.15) is 0 Å². The molecule has 2 saturated carbocycles. The molecule has 2 N–H and O–H groups in total. The second-order valence-electron chi connectivity index (χ2n) is 6.65. The molecule has 0 unspecified atom stereocenters. The van der Waals surface area contributed by atoms with Crippen molar-refractivity contribution in [3.8, 4) is 0 Å². The first-order valence-electron chi connectivity index (χ1n) is 8.37. The van der Waals surface area contributed by atoms with E-state index in [9.17, 15) is 4.79 Å². The van der Waals surface area contributed by atoms with Gasteiger partial charge in [-0.1, -0.05) is 19.4 Å². The molecule has 0 aromatic heterocycles. The Bertz CT molecular complexity index is 502. The highest BCUT2D eigenvalue weighted by Gasteiger charge is 2.38. The Morgan fingerprint density at radius 3 is 2.29 bits per heavy atom. The monoisotopic (exact) mass is 286 g/mol. The second kappa shape index (κ2) is 6.08. The number of amides is 1. The van der Waals surface area contributed by atoms with Crippen LogP contribution in [0.25, 0.3) is 0 Å². The first-order valence-corrected chi connectivity index (χ1v) is 8.37. The number of benzene rings is 1. The molecule has 1 amide bonds. The van der Waals surface area contributed by atoms with Gasteiger partial charge in [-0.25, -0.2) is 0 Å². The van der Waals surface area contributed by atoms with Gasteiger partial charge in [-0.3, -0.25) is 4.79 Å². The molecule has 2 fully saturated rings. The third-order valence-electron chi connectivity index (χ3n) is 5.10. The molecule has 0 saturated heterocycles. The number of rotatable bonds is 4. The van der Waals surface area contributed by atoms with Crippen LogP contribution >= 0.6 is 0 Å². The Balaban J connectivity index is 1.74. The molecule has 3 rings (SSSR count). The van der Waals surface area contributed by atoms with Crippen molar-refractivity contribution in [2.75, 3.05) is 5.73 Å². The number of nitrogens with two attached hydrogens (primary N) is 1. The summed E-state index contributed by atoms with van der Waals surface area (Å²) < 4.78 is 0. The van der Waals surface area contributed by atoms with E-state index in [1.165, 1.54) is 44.9 Å². The van der Waals surface area contributed by atoms with Crippen molar-refractivity contribution >= 4 is 11.6 Å². The van der Waals surface area contributed by atoms with Gasteiger partial charge in [0.25, 0.3) is 5.91 Å². The highest BCUT2D eigenvalue weighted by atomic mass is 16.2. The van der Waals surface area contributed by atoms with E-state index in [-0.39, 0.29) is 5.91 Å². The van der Waals surface area contributed by atoms with Gasteiger partial charge < -0.3 is 10.6 Å². The normalized spacial score (nSPS) is 25.6. The van der Waals surface area contributed by atoms with Crippen LogP contribution in [0.5, 0.6) is 0 Å². The molecule has 3 nitrogen and oxygen atoms in total. The molecule has 0 aliphatic heterocycles. The molecule has 21 heavy (non-hydrogen) atoms. The average Bonchev–Trinajstić information content (AvgIpc) is 3.33. The largest absolute Gasteiger partial charge is 0.399 e. The summed E-state index contributed by atoms with van der Waals surface area (Å²) in [5, 5.41) is 0. The molecule has 1 aromatic carbocycles. The van der Waals surface area contributed by atoms with Gasteiger partial charge in [-0.15, -0.1) is 0 Å². The number of nitrogens with zero attached hydrogens (tertiary/aromatic N) is 1. The van der Waals surface area contributed by atoms with Gasteiger partial charge in [0.15, 0.2) is 0 Å². The van der Waals surface area contributed by atoms with Crippen LogP contribution in [0.2, 0.25) is 0 Å². The lowest BCUT2D eigenvalue weighted by Crippen LogP contribution is -2.43. The zero-order chi connectivity index (χ0) is 14.8. The number of carbonyl (C=O) groups excluding carboxylic acids is 1. The fourth-order valence-electron chi connectivity index (χ4n) is 3.63. The fourth-order valence-corrected chi connectivity index (χ4v) is 3.63. The molecule has 1 aromatic rings. The summed E-state index contributed by atoms with van der Waals surface area (Å²) in [5.41, 5.74) is 7.25. The quantitative estimate of drug-likeness (QED) is 0.855. The first kappa shape index (κ1) is 14.4. The third kappa shape index (κ3) is 3.22. The van der Waals surface area contributed by atoms with Gasteiger partial charge in [-0.2, -0.15) is 0 Å². The molecule has 0 atom stereocenters. The molecular weight excluding hydrogens is 260 g/mol. The van der Waals surface area contributed by atoms with E-state index in [4.69, 9.17) is 5.73 Å². The smallest absolute Gasteiger partial charge is 0.254 e. The lowest BCUT2D eigenvalue weighted by atomic mass is 9.83. The van der Waals surface area contributed by atoms with Gasteiger partial charge in [0.05, 0.1) is 0 Å². The van der Waals surface area contributed by atoms with E-state index in [0.717, 1.165) is 11.5 Å². The predicted octanol–water partition coefficient (Wildman–Crippen LogP) is 3.84. The maximum absolute atomic E-state index is 12.9. The predicted molar refractivity (Wildman–Crippen MR) is 86.1 cm³/mol. The Hall–Kier alpha value is -1.51. The fraction of sp³-hybridized carbons (Fsp3) is 0.611. The standard InChI is InChI=1S/C18H26N2O/c1-2-13-6-8-16(9-7-13)20(17-10-11-17)18(21)14-4-3-5-15(19)12-14/h3-5,12-13,16-17H,2,6-11,19H2,1H3. The number of nitrogen functional groups attached to an aromatic ring is 1. The Morgan fingerprint density at radius 1 is 1.14 bits per heavy atom. The molecule has 0 radical (unpaired) electrons. The molecule has 0 spiro atoms. The lowest BCUT2D eigenvalue weighted by Gasteiger charge is -2.37. The van der Waals surface area contributed by atoms with Crippen LogP contribution < -0.4 is 5.73 Å². The maximum atomic E-state index is 12.9. The van der Waals surface area contributed by atoms with Gasteiger partial charge >= 0.3 is 0 Å². The number of anilines is 1. The van der Waals surface area contributed by atoms with E-state index >= 15 is 0 Å². The number of hydrogen-bond donors (Lipinski definition) is 1. The minimum absolute atomic E-state index is 0.185. The zero-order valence-electron chi connectivity index (χ0n) is 12.9. The first-order chi connectivity index (χ1) is 10.2. The molecule has 0 bridgehead atoms. The molecular formula is C18H26N2O. The SMILES string of the molecule is CCC1CCC(N(C(=O)c2cccc(N)c2)C2CC2)CC1. The third-order valence-corrected chi connectivity index (χ3v) is 5.10.